The molecule has 0 aromatic rings. The number of amides is 3. The molecule has 3 amide bonds. The topological polar surface area (TPSA) is 151 Å². The zero-order valence-corrected chi connectivity index (χ0v) is 18.3. The standard InChI is InChI=1S/C14H26N4O5S4/c1-27-3-2-8(14(22)23)16-12(20)10(6-26)18-13(21)9(5-25)17-11(19)7(15)4-24/h7-10,24-26H,2-6,15H2,1H3,(H,16,20)(H,17,19)(H,18,21)(H,22,23). The largest absolute Gasteiger partial charge is 0.480 e. The molecule has 0 aromatic heterocycles. The SMILES string of the molecule is CSCCC(NC(=O)C(CS)NC(=O)C(CS)NC(=O)C(N)CS)C(=O)O. The van der Waals surface area contributed by atoms with E-state index in [0.717, 1.165) is 0 Å². The number of nitrogens with one attached hydrogen (secondary N) is 3. The lowest BCUT2D eigenvalue weighted by atomic mass is 10.2. The highest BCUT2D eigenvalue weighted by molar-refractivity contribution is 7.98. The molecule has 6 N–H and O–H groups in total. The van der Waals surface area contributed by atoms with E-state index in [2.05, 4.69) is 53.8 Å². The van der Waals surface area contributed by atoms with Gasteiger partial charge in [-0.05, 0) is 18.4 Å². The van der Waals surface area contributed by atoms with Crippen LogP contribution in [0.25, 0.3) is 0 Å². The van der Waals surface area contributed by atoms with Gasteiger partial charge in [-0.3, -0.25) is 14.4 Å². The Labute approximate surface area is 179 Å². The van der Waals surface area contributed by atoms with E-state index in [1.54, 1.807) is 0 Å². The van der Waals surface area contributed by atoms with Crippen molar-refractivity contribution in [1.82, 2.24) is 16.0 Å². The Bertz CT molecular complexity index is 526. The van der Waals surface area contributed by atoms with Crippen LogP contribution >= 0.6 is 49.6 Å². The summed E-state index contributed by atoms with van der Waals surface area (Å²) in [6, 6.07) is -4.05. The average Bonchev–Trinajstić information content (AvgIpc) is 2.65. The Morgan fingerprint density at radius 1 is 0.889 bits per heavy atom. The summed E-state index contributed by atoms with van der Waals surface area (Å²) in [4.78, 5) is 47.6. The van der Waals surface area contributed by atoms with Crippen molar-refractivity contribution in [2.24, 2.45) is 5.73 Å². The Hall–Kier alpha value is -0.760. The minimum absolute atomic E-state index is 0.0246. The number of carbonyl (C=O) groups is 4. The molecule has 0 aliphatic heterocycles. The molecule has 0 aliphatic carbocycles. The molecule has 27 heavy (non-hydrogen) atoms. The Morgan fingerprint density at radius 2 is 1.33 bits per heavy atom. The number of hydrogen-bond acceptors (Lipinski definition) is 9. The molecule has 0 saturated carbocycles. The summed E-state index contributed by atoms with van der Waals surface area (Å²) in [6.45, 7) is 0. The first-order valence-corrected chi connectivity index (χ1v) is 11.2. The predicted molar refractivity (Wildman–Crippen MR) is 116 cm³/mol. The van der Waals surface area contributed by atoms with E-state index < -0.39 is 47.9 Å². The minimum Gasteiger partial charge on any atom is -0.480 e. The Morgan fingerprint density at radius 3 is 1.70 bits per heavy atom. The molecule has 4 atom stereocenters. The van der Waals surface area contributed by atoms with Gasteiger partial charge in [-0.15, -0.1) is 0 Å². The molecule has 0 aromatic carbocycles. The third kappa shape index (κ3) is 9.83. The summed E-state index contributed by atoms with van der Waals surface area (Å²) in [7, 11) is 0. The summed E-state index contributed by atoms with van der Waals surface area (Å²) < 4.78 is 0. The maximum Gasteiger partial charge on any atom is 0.326 e. The first kappa shape index (κ1) is 26.2. The highest BCUT2D eigenvalue weighted by Crippen LogP contribution is 2.02. The first-order valence-electron chi connectivity index (χ1n) is 7.92. The van der Waals surface area contributed by atoms with Gasteiger partial charge >= 0.3 is 5.97 Å². The van der Waals surface area contributed by atoms with Gasteiger partial charge in [0.25, 0.3) is 0 Å². The van der Waals surface area contributed by atoms with E-state index in [1.165, 1.54) is 11.8 Å². The van der Waals surface area contributed by atoms with E-state index in [9.17, 15) is 24.3 Å². The normalized spacial score (nSPS) is 15.1. The molecule has 0 radical (unpaired) electrons. The summed E-state index contributed by atoms with van der Waals surface area (Å²) in [5, 5.41) is 16.4. The van der Waals surface area contributed by atoms with E-state index in [1.807, 2.05) is 6.26 Å². The molecule has 0 saturated heterocycles. The number of carboxylic acids is 1. The van der Waals surface area contributed by atoms with Crippen LogP contribution in [-0.2, 0) is 19.2 Å². The fourth-order valence-corrected chi connectivity index (χ4v) is 2.94. The van der Waals surface area contributed by atoms with Crippen LogP contribution in [-0.4, -0.2) is 82.2 Å². The molecular weight excluding hydrogens is 432 g/mol. The van der Waals surface area contributed by atoms with Crippen molar-refractivity contribution < 1.29 is 24.3 Å². The highest BCUT2D eigenvalue weighted by Gasteiger charge is 2.28. The number of carboxylic acid groups (broad SMARTS) is 1. The number of thioether (sulfide) groups is 1. The van der Waals surface area contributed by atoms with Crippen molar-refractivity contribution in [1.29, 1.82) is 0 Å². The third-order valence-electron chi connectivity index (χ3n) is 3.39. The van der Waals surface area contributed by atoms with Gasteiger partial charge in [0, 0.05) is 17.3 Å². The van der Waals surface area contributed by atoms with Gasteiger partial charge < -0.3 is 26.8 Å². The van der Waals surface area contributed by atoms with Gasteiger partial charge in [0.15, 0.2) is 0 Å². The monoisotopic (exact) mass is 458 g/mol. The van der Waals surface area contributed by atoms with Gasteiger partial charge in [-0.1, -0.05) is 0 Å². The third-order valence-corrected chi connectivity index (χ3v) is 5.16. The number of thiol groups is 3. The lowest BCUT2D eigenvalue weighted by molar-refractivity contribution is -0.142. The fraction of sp³-hybridized carbons (Fsp3) is 0.714. The zero-order valence-electron chi connectivity index (χ0n) is 14.8. The highest BCUT2D eigenvalue weighted by atomic mass is 32.2. The van der Waals surface area contributed by atoms with Crippen LogP contribution in [0, 0.1) is 0 Å². The zero-order chi connectivity index (χ0) is 21.0. The minimum atomic E-state index is -1.16. The molecule has 13 heteroatoms. The summed E-state index contributed by atoms with van der Waals surface area (Å²) in [5.41, 5.74) is 5.54. The number of hydrogen-bond donors (Lipinski definition) is 8. The van der Waals surface area contributed by atoms with Gasteiger partial charge in [0.2, 0.25) is 17.7 Å². The van der Waals surface area contributed by atoms with Crippen LogP contribution in [0.4, 0.5) is 0 Å². The fourth-order valence-electron chi connectivity index (χ4n) is 1.79. The van der Waals surface area contributed by atoms with Crippen LogP contribution in [0.5, 0.6) is 0 Å². The number of carbonyl (C=O) groups excluding carboxylic acids is 3. The molecular formula is C14H26N4O5S4. The molecule has 0 spiro atoms. The average molecular weight is 459 g/mol. The predicted octanol–water partition coefficient (Wildman–Crippen LogP) is -1.60. The number of nitrogens with two attached hydrogens (primary N) is 1. The smallest absolute Gasteiger partial charge is 0.326 e. The van der Waals surface area contributed by atoms with Crippen molar-refractivity contribution in [2.45, 2.75) is 30.6 Å². The van der Waals surface area contributed by atoms with Gasteiger partial charge in [-0.2, -0.15) is 49.6 Å². The van der Waals surface area contributed by atoms with Crippen LogP contribution in [0.1, 0.15) is 6.42 Å². The van der Waals surface area contributed by atoms with Crippen LogP contribution in [0.2, 0.25) is 0 Å². The second kappa shape index (κ2) is 14.3. The van der Waals surface area contributed by atoms with Crippen molar-refractivity contribution in [3.05, 3.63) is 0 Å². The molecule has 0 rings (SSSR count). The van der Waals surface area contributed by atoms with E-state index >= 15 is 0 Å². The Kier molecular flexibility index (Phi) is 13.9. The van der Waals surface area contributed by atoms with Gasteiger partial charge in [0.05, 0.1) is 6.04 Å². The Balaban J connectivity index is 4.90. The lowest BCUT2D eigenvalue weighted by Gasteiger charge is -2.23. The first-order chi connectivity index (χ1) is 12.7. The molecule has 0 bridgehead atoms. The summed E-state index contributed by atoms with van der Waals surface area (Å²) in [6.07, 6.45) is 2.06. The summed E-state index contributed by atoms with van der Waals surface area (Å²) in [5.74, 6) is -2.51. The quantitative estimate of drug-likeness (QED) is 0.155. The van der Waals surface area contributed by atoms with E-state index in [0.29, 0.717) is 5.75 Å². The second-order valence-electron chi connectivity index (χ2n) is 5.46. The van der Waals surface area contributed by atoms with E-state index in [-0.39, 0.29) is 23.7 Å². The molecule has 0 aliphatic rings. The number of rotatable bonds is 13. The summed E-state index contributed by atoms with van der Waals surface area (Å²) >= 11 is 13.4. The van der Waals surface area contributed by atoms with Gasteiger partial charge in [0.1, 0.15) is 18.1 Å². The van der Waals surface area contributed by atoms with Crippen LogP contribution < -0.4 is 21.7 Å². The van der Waals surface area contributed by atoms with Crippen molar-refractivity contribution in [3.8, 4) is 0 Å². The lowest BCUT2D eigenvalue weighted by Crippen LogP contribution is -2.58. The van der Waals surface area contributed by atoms with Crippen molar-refractivity contribution >= 4 is 73.3 Å². The van der Waals surface area contributed by atoms with E-state index in [4.69, 9.17) is 5.73 Å². The maximum atomic E-state index is 12.3. The molecule has 156 valence electrons. The van der Waals surface area contributed by atoms with Crippen LogP contribution in [0.3, 0.4) is 0 Å². The molecule has 4 unspecified atom stereocenters. The molecule has 9 nitrogen and oxygen atoms in total. The van der Waals surface area contributed by atoms with Gasteiger partial charge in [-0.25, -0.2) is 4.79 Å². The van der Waals surface area contributed by atoms with Crippen molar-refractivity contribution in [2.75, 3.05) is 29.3 Å². The maximum absolute atomic E-state index is 12.3. The van der Waals surface area contributed by atoms with Crippen LogP contribution in [0.15, 0.2) is 0 Å². The molecule has 0 fully saturated rings. The number of aliphatic carboxylic acids is 1. The molecule has 0 heterocycles. The van der Waals surface area contributed by atoms with Crippen molar-refractivity contribution in [3.63, 3.8) is 0 Å². The second-order valence-corrected chi connectivity index (χ2v) is 7.54.